The van der Waals surface area contributed by atoms with Crippen LogP contribution in [-0.4, -0.2) is 28.4 Å². The molecule has 0 spiro atoms. The molecule has 2 aromatic rings. The molecule has 2 rings (SSSR count). The molecule has 1 heterocycles. The van der Waals surface area contributed by atoms with Crippen LogP contribution in [-0.2, 0) is 16.6 Å². The van der Waals surface area contributed by atoms with Crippen molar-refractivity contribution in [3.63, 3.8) is 0 Å². The number of carbonyl (C=O) groups excluding carboxylic acids is 2. The molecule has 0 aliphatic carbocycles. The first-order valence-electron chi connectivity index (χ1n) is 6.52. The van der Waals surface area contributed by atoms with Crippen LogP contribution in [0.1, 0.15) is 18.9 Å². The molecule has 1 N–H and O–H groups in total. The smallest absolute Gasteiger partial charge is 0.329 e. The third-order valence-corrected chi connectivity index (χ3v) is 3.98. The summed E-state index contributed by atoms with van der Waals surface area (Å²) in [5.74, 6) is -0.155. The van der Waals surface area contributed by atoms with E-state index in [9.17, 15) is 14.4 Å². The van der Waals surface area contributed by atoms with E-state index in [1.807, 2.05) is 12.1 Å². The molecule has 0 aliphatic heterocycles. The van der Waals surface area contributed by atoms with E-state index in [4.69, 9.17) is 0 Å². The molecular weight excluding hydrogens is 338 g/mol. The van der Waals surface area contributed by atoms with Gasteiger partial charge < -0.3 is 10.1 Å². The molecule has 0 bridgehead atoms. The van der Waals surface area contributed by atoms with Gasteiger partial charge in [0, 0.05) is 25.0 Å². The summed E-state index contributed by atoms with van der Waals surface area (Å²) in [5, 5.41) is 2.51. The number of aldehydes is 1. The number of fused-ring (bicyclic) bond motifs is 1. The SMILES string of the molecule is CNC(=O)CCC(C=O)n1c(=O)n(C)c2cc(Br)ccc21. The van der Waals surface area contributed by atoms with Crippen LogP contribution in [0.15, 0.2) is 27.5 Å². The Bertz CT molecular complexity index is 748. The molecule has 6 nitrogen and oxygen atoms in total. The summed E-state index contributed by atoms with van der Waals surface area (Å²) in [5.41, 5.74) is 1.15. The van der Waals surface area contributed by atoms with Crippen molar-refractivity contribution >= 4 is 39.2 Å². The number of carbonyl (C=O) groups is 2. The monoisotopic (exact) mass is 353 g/mol. The van der Waals surface area contributed by atoms with Crippen LogP contribution in [0, 0.1) is 0 Å². The number of nitrogens with zero attached hydrogens (tertiary/aromatic N) is 2. The minimum absolute atomic E-state index is 0.155. The van der Waals surface area contributed by atoms with Gasteiger partial charge >= 0.3 is 5.69 Å². The number of aryl methyl sites for hydroxylation is 1. The van der Waals surface area contributed by atoms with Gasteiger partial charge in [0.25, 0.3) is 0 Å². The highest BCUT2D eigenvalue weighted by Crippen LogP contribution is 2.22. The third kappa shape index (κ3) is 2.92. The highest BCUT2D eigenvalue weighted by Gasteiger charge is 2.19. The molecule has 1 aromatic carbocycles. The maximum absolute atomic E-state index is 12.4. The van der Waals surface area contributed by atoms with E-state index in [1.165, 1.54) is 9.13 Å². The molecule has 0 saturated heterocycles. The van der Waals surface area contributed by atoms with Gasteiger partial charge in [0.15, 0.2) is 0 Å². The fourth-order valence-corrected chi connectivity index (χ4v) is 2.67. The Balaban J connectivity index is 2.49. The number of imidazole rings is 1. The van der Waals surface area contributed by atoms with Crippen molar-refractivity contribution in [3.05, 3.63) is 33.2 Å². The number of amides is 1. The van der Waals surface area contributed by atoms with E-state index >= 15 is 0 Å². The second kappa shape index (κ2) is 6.26. The Hall–Kier alpha value is -1.89. The average molecular weight is 354 g/mol. The van der Waals surface area contributed by atoms with Crippen LogP contribution in [0.25, 0.3) is 11.0 Å². The van der Waals surface area contributed by atoms with Crippen molar-refractivity contribution in [1.29, 1.82) is 0 Å². The summed E-state index contributed by atoms with van der Waals surface area (Å²) in [7, 11) is 3.20. The lowest BCUT2D eigenvalue weighted by Crippen LogP contribution is -2.28. The molecule has 1 amide bonds. The topological polar surface area (TPSA) is 73.1 Å². The van der Waals surface area contributed by atoms with Gasteiger partial charge in [0.05, 0.1) is 17.1 Å². The van der Waals surface area contributed by atoms with Gasteiger partial charge in [0.2, 0.25) is 5.91 Å². The van der Waals surface area contributed by atoms with Crippen molar-refractivity contribution in [2.24, 2.45) is 7.05 Å². The van der Waals surface area contributed by atoms with Crippen LogP contribution in [0.5, 0.6) is 0 Å². The van der Waals surface area contributed by atoms with Crippen LogP contribution < -0.4 is 11.0 Å². The van der Waals surface area contributed by atoms with Gasteiger partial charge in [-0.05, 0) is 24.6 Å². The molecular formula is C14H16BrN3O3. The Kier molecular flexibility index (Phi) is 4.62. The minimum Gasteiger partial charge on any atom is -0.359 e. The number of halogens is 1. The first kappa shape index (κ1) is 15.5. The van der Waals surface area contributed by atoms with E-state index in [0.717, 1.165) is 9.99 Å². The molecule has 7 heteroatoms. The second-order valence-corrected chi connectivity index (χ2v) is 5.68. The maximum Gasteiger partial charge on any atom is 0.329 e. The van der Waals surface area contributed by atoms with Gasteiger partial charge in [-0.2, -0.15) is 0 Å². The lowest BCUT2D eigenvalue weighted by Gasteiger charge is -2.11. The summed E-state index contributed by atoms with van der Waals surface area (Å²) in [6, 6.07) is 4.78. The summed E-state index contributed by atoms with van der Waals surface area (Å²) < 4.78 is 3.80. The molecule has 1 atom stereocenters. The third-order valence-electron chi connectivity index (χ3n) is 3.49. The van der Waals surface area contributed by atoms with Crippen molar-refractivity contribution < 1.29 is 9.59 Å². The van der Waals surface area contributed by atoms with Crippen LogP contribution >= 0.6 is 15.9 Å². The van der Waals surface area contributed by atoms with Crippen molar-refractivity contribution in [1.82, 2.24) is 14.5 Å². The molecule has 0 aliphatic rings. The second-order valence-electron chi connectivity index (χ2n) is 4.76. The highest BCUT2D eigenvalue weighted by atomic mass is 79.9. The maximum atomic E-state index is 12.4. The molecule has 0 radical (unpaired) electrons. The number of aromatic nitrogens is 2. The zero-order valence-electron chi connectivity index (χ0n) is 11.8. The van der Waals surface area contributed by atoms with E-state index in [0.29, 0.717) is 11.8 Å². The summed E-state index contributed by atoms with van der Waals surface area (Å²) in [6.45, 7) is 0. The van der Waals surface area contributed by atoms with Crippen molar-refractivity contribution in [3.8, 4) is 0 Å². The molecule has 21 heavy (non-hydrogen) atoms. The zero-order chi connectivity index (χ0) is 15.6. The van der Waals surface area contributed by atoms with Gasteiger partial charge in [-0.25, -0.2) is 4.79 Å². The summed E-state index contributed by atoms with van der Waals surface area (Å²) in [6.07, 6.45) is 1.20. The van der Waals surface area contributed by atoms with E-state index in [2.05, 4.69) is 21.2 Å². The van der Waals surface area contributed by atoms with Gasteiger partial charge in [-0.15, -0.1) is 0 Å². The lowest BCUT2D eigenvalue weighted by atomic mass is 10.1. The largest absolute Gasteiger partial charge is 0.359 e. The molecule has 1 unspecified atom stereocenters. The number of rotatable bonds is 5. The normalized spacial score (nSPS) is 12.3. The van der Waals surface area contributed by atoms with Crippen molar-refractivity contribution in [2.75, 3.05) is 7.05 Å². The van der Waals surface area contributed by atoms with Crippen LogP contribution in [0.3, 0.4) is 0 Å². The van der Waals surface area contributed by atoms with E-state index in [-0.39, 0.29) is 24.4 Å². The average Bonchev–Trinajstić information content (AvgIpc) is 2.72. The fourth-order valence-electron chi connectivity index (χ4n) is 2.32. The molecule has 1 aromatic heterocycles. The Morgan fingerprint density at radius 1 is 1.43 bits per heavy atom. The summed E-state index contributed by atoms with van der Waals surface area (Å²) >= 11 is 3.37. The van der Waals surface area contributed by atoms with Crippen LogP contribution in [0.2, 0.25) is 0 Å². The van der Waals surface area contributed by atoms with Crippen molar-refractivity contribution in [2.45, 2.75) is 18.9 Å². The molecule has 0 saturated carbocycles. The van der Waals surface area contributed by atoms with Gasteiger partial charge in [-0.1, -0.05) is 15.9 Å². The fraction of sp³-hybridized carbons (Fsp3) is 0.357. The standard InChI is InChI=1S/C14H16BrN3O3/c1-16-13(20)6-4-10(8-19)18-11-5-3-9(15)7-12(11)17(2)14(18)21/h3,5,7-8,10H,4,6H2,1-2H3,(H,16,20). The van der Waals surface area contributed by atoms with E-state index < -0.39 is 6.04 Å². The van der Waals surface area contributed by atoms with E-state index in [1.54, 1.807) is 20.2 Å². The minimum atomic E-state index is -0.653. The Labute approximate surface area is 129 Å². The van der Waals surface area contributed by atoms with Crippen LogP contribution in [0.4, 0.5) is 0 Å². The number of nitrogens with one attached hydrogen (secondary N) is 1. The van der Waals surface area contributed by atoms with Gasteiger partial charge in [-0.3, -0.25) is 13.9 Å². The lowest BCUT2D eigenvalue weighted by molar-refractivity contribution is -0.121. The zero-order valence-corrected chi connectivity index (χ0v) is 13.4. The predicted molar refractivity (Wildman–Crippen MR) is 83.3 cm³/mol. The quantitative estimate of drug-likeness (QED) is 0.825. The molecule has 112 valence electrons. The Morgan fingerprint density at radius 2 is 2.14 bits per heavy atom. The Morgan fingerprint density at radius 3 is 2.76 bits per heavy atom. The number of hydrogen-bond acceptors (Lipinski definition) is 3. The summed E-state index contributed by atoms with van der Waals surface area (Å²) in [4.78, 5) is 35.1. The highest BCUT2D eigenvalue weighted by molar-refractivity contribution is 9.10. The van der Waals surface area contributed by atoms with Gasteiger partial charge in [0.1, 0.15) is 6.29 Å². The molecule has 0 fully saturated rings. The first-order chi connectivity index (χ1) is 9.99. The first-order valence-corrected chi connectivity index (χ1v) is 7.31. The number of hydrogen-bond donors (Lipinski definition) is 1. The predicted octanol–water partition coefficient (Wildman–Crippen LogP) is 1.37. The number of benzene rings is 1.